The Balaban J connectivity index is 2.62. The number of carboxylic acid groups (broad SMARTS) is 1. The van der Waals surface area contributed by atoms with E-state index >= 15 is 0 Å². The molecule has 1 aromatic heterocycles. The molecule has 2 rings (SSSR count). The largest absolute Gasteiger partial charge is 0.477 e. The number of aromatic nitrogens is 1. The first-order valence-electron chi connectivity index (χ1n) is 6.59. The topological polar surface area (TPSA) is 59.3 Å². The van der Waals surface area contributed by atoms with E-state index in [9.17, 15) is 14.7 Å². The second kappa shape index (κ2) is 5.74. The van der Waals surface area contributed by atoms with Crippen LogP contribution in [-0.2, 0) is 6.42 Å². The average Bonchev–Trinajstić information content (AvgIpc) is 2.85. The minimum Gasteiger partial charge on any atom is -0.477 e. The number of carboxylic acids is 1. The van der Waals surface area contributed by atoms with Crippen molar-refractivity contribution >= 4 is 11.8 Å². The van der Waals surface area contributed by atoms with E-state index < -0.39 is 5.97 Å². The van der Waals surface area contributed by atoms with Gasteiger partial charge in [-0.25, -0.2) is 4.79 Å². The Morgan fingerprint density at radius 1 is 1.25 bits per heavy atom. The quantitative estimate of drug-likeness (QED) is 0.848. The van der Waals surface area contributed by atoms with E-state index in [2.05, 4.69) is 6.92 Å². The summed E-state index contributed by atoms with van der Waals surface area (Å²) in [6.07, 6.45) is 3.43. The summed E-state index contributed by atoms with van der Waals surface area (Å²) in [5, 5.41) is 9.31. The summed E-state index contributed by atoms with van der Waals surface area (Å²) < 4.78 is 1.59. The summed E-state index contributed by atoms with van der Waals surface area (Å²) in [6.45, 7) is 3.51. The number of carbonyl (C=O) groups excluding carboxylic acids is 1. The molecule has 20 heavy (non-hydrogen) atoms. The highest BCUT2D eigenvalue weighted by molar-refractivity contribution is 5.97. The van der Waals surface area contributed by atoms with Crippen LogP contribution in [-0.4, -0.2) is 21.4 Å². The summed E-state index contributed by atoms with van der Waals surface area (Å²) in [5.74, 6) is -1.18. The van der Waals surface area contributed by atoms with Gasteiger partial charge in [0.2, 0.25) is 0 Å². The summed E-state index contributed by atoms with van der Waals surface area (Å²) in [4.78, 5) is 22.8. The van der Waals surface area contributed by atoms with E-state index in [1.54, 1.807) is 10.8 Å². The molecule has 2 aromatic rings. The van der Waals surface area contributed by atoms with Crippen LogP contribution >= 0.6 is 0 Å². The number of carbonyl (C=O) groups is 2. The second-order valence-electron chi connectivity index (χ2n) is 4.72. The SMILES string of the molecule is CCCc1ccccc1-n1cc(C(C)=O)cc1C(=O)O. The van der Waals surface area contributed by atoms with Gasteiger partial charge in [0, 0.05) is 17.4 Å². The summed E-state index contributed by atoms with van der Waals surface area (Å²) >= 11 is 0. The van der Waals surface area contributed by atoms with Gasteiger partial charge in [-0.05, 0) is 31.0 Å². The highest BCUT2D eigenvalue weighted by atomic mass is 16.4. The third-order valence-electron chi connectivity index (χ3n) is 3.22. The number of hydrogen-bond donors (Lipinski definition) is 1. The van der Waals surface area contributed by atoms with Crippen LogP contribution < -0.4 is 0 Å². The van der Waals surface area contributed by atoms with Crippen LogP contribution in [0.2, 0.25) is 0 Å². The van der Waals surface area contributed by atoms with Crippen molar-refractivity contribution < 1.29 is 14.7 Å². The van der Waals surface area contributed by atoms with Crippen LogP contribution in [0.25, 0.3) is 5.69 Å². The van der Waals surface area contributed by atoms with Crippen LogP contribution in [0.3, 0.4) is 0 Å². The number of ketones is 1. The van der Waals surface area contributed by atoms with Gasteiger partial charge < -0.3 is 9.67 Å². The molecule has 4 nitrogen and oxygen atoms in total. The van der Waals surface area contributed by atoms with Crippen LogP contribution in [0.1, 0.15) is 46.7 Å². The predicted octanol–water partition coefficient (Wildman–Crippen LogP) is 3.33. The van der Waals surface area contributed by atoms with Gasteiger partial charge in [0.1, 0.15) is 5.69 Å². The molecule has 0 aliphatic rings. The molecule has 0 radical (unpaired) electrons. The molecule has 0 aliphatic carbocycles. The number of aryl methyl sites for hydroxylation is 1. The standard InChI is InChI=1S/C16H17NO3/c1-3-6-12-7-4-5-8-14(12)17-10-13(11(2)18)9-15(17)16(19)20/h4-5,7-10H,3,6H2,1-2H3,(H,19,20). The third-order valence-corrected chi connectivity index (χ3v) is 3.22. The zero-order valence-corrected chi connectivity index (χ0v) is 11.6. The molecule has 1 aromatic carbocycles. The lowest BCUT2D eigenvalue weighted by atomic mass is 10.1. The van der Waals surface area contributed by atoms with Crippen LogP contribution in [0.4, 0.5) is 0 Å². The third kappa shape index (κ3) is 2.64. The lowest BCUT2D eigenvalue weighted by Gasteiger charge is -2.11. The molecule has 0 amide bonds. The van der Waals surface area contributed by atoms with Gasteiger partial charge in [-0.2, -0.15) is 0 Å². The average molecular weight is 271 g/mol. The molecule has 0 aliphatic heterocycles. The molecule has 0 atom stereocenters. The zero-order valence-electron chi connectivity index (χ0n) is 11.6. The zero-order chi connectivity index (χ0) is 14.7. The van der Waals surface area contributed by atoms with Gasteiger partial charge in [0.25, 0.3) is 0 Å². The van der Waals surface area contributed by atoms with E-state index in [4.69, 9.17) is 0 Å². The van der Waals surface area contributed by atoms with E-state index in [1.165, 1.54) is 13.0 Å². The molecule has 0 saturated carbocycles. The van der Waals surface area contributed by atoms with E-state index in [0.717, 1.165) is 24.1 Å². The maximum atomic E-state index is 11.5. The highest BCUT2D eigenvalue weighted by Gasteiger charge is 2.17. The molecule has 1 N–H and O–H groups in total. The first kappa shape index (κ1) is 14.1. The minimum atomic E-state index is -1.04. The van der Waals surface area contributed by atoms with E-state index in [1.807, 2.05) is 24.3 Å². The van der Waals surface area contributed by atoms with E-state index in [0.29, 0.717) is 5.56 Å². The van der Waals surface area contributed by atoms with Crippen molar-refractivity contribution in [3.63, 3.8) is 0 Å². The molecular formula is C16H17NO3. The number of para-hydroxylation sites is 1. The van der Waals surface area contributed by atoms with Gasteiger partial charge >= 0.3 is 5.97 Å². The molecule has 0 unspecified atom stereocenters. The molecular weight excluding hydrogens is 254 g/mol. The predicted molar refractivity (Wildman–Crippen MR) is 76.7 cm³/mol. The van der Waals surface area contributed by atoms with E-state index in [-0.39, 0.29) is 11.5 Å². The number of benzene rings is 1. The Kier molecular flexibility index (Phi) is 4.03. The molecule has 0 bridgehead atoms. The summed E-state index contributed by atoms with van der Waals surface area (Å²) in [6, 6.07) is 9.09. The fourth-order valence-electron chi connectivity index (χ4n) is 2.25. The maximum Gasteiger partial charge on any atom is 0.352 e. The fraction of sp³-hybridized carbons (Fsp3) is 0.250. The van der Waals surface area contributed by atoms with Crippen molar-refractivity contribution in [2.75, 3.05) is 0 Å². The monoisotopic (exact) mass is 271 g/mol. The Morgan fingerprint density at radius 3 is 2.55 bits per heavy atom. The Labute approximate surface area is 117 Å². The number of rotatable bonds is 5. The number of Topliss-reactive ketones (excluding diaryl/α,β-unsaturated/α-hetero) is 1. The van der Waals surface area contributed by atoms with Crippen LogP contribution in [0, 0.1) is 0 Å². The van der Waals surface area contributed by atoms with Gasteiger partial charge in [0.15, 0.2) is 5.78 Å². The maximum absolute atomic E-state index is 11.5. The van der Waals surface area contributed by atoms with Gasteiger partial charge in [-0.1, -0.05) is 31.5 Å². The Bertz CT molecular complexity index is 655. The summed E-state index contributed by atoms with van der Waals surface area (Å²) in [7, 11) is 0. The minimum absolute atomic E-state index is 0.110. The van der Waals surface area contributed by atoms with Crippen molar-refractivity contribution in [1.29, 1.82) is 0 Å². The number of nitrogens with zero attached hydrogens (tertiary/aromatic N) is 1. The molecule has 4 heteroatoms. The van der Waals surface area contributed by atoms with Gasteiger partial charge in [-0.3, -0.25) is 4.79 Å². The molecule has 0 spiro atoms. The van der Waals surface area contributed by atoms with Crippen molar-refractivity contribution in [3.8, 4) is 5.69 Å². The first-order chi connectivity index (χ1) is 9.54. The molecule has 0 fully saturated rings. The van der Waals surface area contributed by atoms with Crippen molar-refractivity contribution in [2.45, 2.75) is 26.7 Å². The Morgan fingerprint density at radius 2 is 1.95 bits per heavy atom. The number of aromatic carboxylic acids is 1. The highest BCUT2D eigenvalue weighted by Crippen LogP contribution is 2.21. The van der Waals surface area contributed by atoms with Crippen LogP contribution in [0.5, 0.6) is 0 Å². The van der Waals surface area contributed by atoms with Gasteiger partial charge in [-0.15, -0.1) is 0 Å². The normalized spacial score (nSPS) is 10.5. The number of hydrogen-bond acceptors (Lipinski definition) is 2. The van der Waals surface area contributed by atoms with Gasteiger partial charge in [0.05, 0.1) is 0 Å². The summed E-state index contributed by atoms with van der Waals surface area (Å²) in [5.41, 5.74) is 2.41. The second-order valence-corrected chi connectivity index (χ2v) is 4.72. The van der Waals surface area contributed by atoms with Crippen LogP contribution in [0.15, 0.2) is 36.5 Å². The smallest absolute Gasteiger partial charge is 0.352 e. The molecule has 0 saturated heterocycles. The first-order valence-corrected chi connectivity index (χ1v) is 6.59. The fourth-order valence-corrected chi connectivity index (χ4v) is 2.25. The lowest BCUT2D eigenvalue weighted by Crippen LogP contribution is -2.07. The molecule has 104 valence electrons. The Hall–Kier alpha value is -2.36. The van der Waals surface area contributed by atoms with Crippen molar-refractivity contribution in [2.24, 2.45) is 0 Å². The lowest BCUT2D eigenvalue weighted by molar-refractivity contribution is 0.0688. The molecule has 1 heterocycles. The van der Waals surface area contributed by atoms with Crippen molar-refractivity contribution in [1.82, 2.24) is 4.57 Å². The van der Waals surface area contributed by atoms with Crippen molar-refractivity contribution in [3.05, 3.63) is 53.3 Å².